The Morgan fingerprint density at radius 2 is 1.81 bits per heavy atom. The van der Waals surface area contributed by atoms with E-state index in [1.165, 1.54) is 13.2 Å². The SMILES string of the molecule is COC(=O)Cc1cc(OC(C)C)cc(-c2csc(-c3cc(C(F)(F)F)c(C#N)c(=O)n3Cc3ccc(F)cc3F)c2)c1. The van der Waals surface area contributed by atoms with Crippen LogP contribution in [0.3, 0.4) is 0 Å². The predicted octanol–water partition coefficient (Wildman–Crippen LogP) is 6.96. The van der Waals surface area contributed by atoms with E-state index in [2.05, 4.69) is 0 Å². The van der Waals surface area contributed by atoms with Crippen LogP contribution in [-0.4, -0.2) is 23.8 Å². The monoisotopic (exact) mass is 602 g/mol. The van der Waals surface area contributed by atoms with Crippen molar-refractivity contribution in [2.75, 3.05) is 7.11 Å². The number of ether oxygens (including phenoxy) is 2. The van der Waals surface area contributed by atoms with Gasteiger partial charge in [0.2, 0.25) is 0 Å². The van der Waals surface area contributed by atoms with Crippen molar-refractivity contribution < 1.29 is 36.2 Å². The number of carbonyl (C=O) groups is 1. The van der Waals surface area contributed by atoms with Crippen molar-refractivity contribution in [3.63, 3.8) is 0 Å². The highest BCUT2D eigenvalue weighted by Crippen LogP contribution is 2.38. The van der Waals surface area contributed by atoms with Gasteiger partial charge >= 0.3 is 12.1 Å². The Morgan fingerprint density at radius 3 is 2.43 bits per heavy atom. The number of alkyl halides is 3. The summed E-state index contributed by atoms with van der Waals surface area (Å²) >= 11 is 1.02. The molecule has 0 fully saturated rings. The number of benzene rings is 2. The highest BCUT2D eigenvalue weighted by atomic mass is 32.1. The summed E-state index contributed by atoms with van der Waals surface area (Å²) in [6.07, 6.45) is -5.27. The molecule has 12 heteroatoms. The van der Waals surface area contributed by atoms with E-state index in [1.54, 1.807) is 29.6 Å². The molecule has 42 heavy (non-hydrogen) atoms. The number of esters is 1. The van der Waals surface area contributed by atoms with Gasteiger partial charge in [0.1, 0.15) is 29.0 Å². The van der Waals surface area contributed by atoms with E-state index in [-0.39, 0.29) is 28.7 Å². The Balaban J connectivity index is 1.89. The molecule has 4 rings (SSSR count). The third-order valence-electron chi connectivity index (χ3n) is 6.16. The molecule has 4 aromatic rings. The number of nitrogens with zero attached hydrogens (tertiary/aromatic N) is 2. The molecule has 0 saturated carbocycles. The first-order valence-corrected chi connectivity index (χ1v) is 13.3. The van der Waals surface area contributed by atoms with Crippen LogP contribution in [-0.2, 0) is 28.7 Å². The molecule has 0 saturated heterocycles. The summed E-state index contributed by atoms with van der Waals surface area (Å²) < 4.78 is 81.2. The standard InChI is InChI=1S/C30H23F5N2O4S/c1-16(2)41-22-7-17(8-28(38)40-3)6-19(9-22)20-10-27(42-15-20)26-12-24(30(33,34)35)23(13-36)29(39)37(26)14-18-4-5-21(31)11-25(18)32/h4-7,9-12,15-16H,8,14H2,1-3H3. The van der Waals surface area contributed by atoms with Gasteiger partial charge in [-0.1, -0.05) is 12.1 Å². The molecular formula is C30H23F5N2O4S. The van der Waals surface area contributed by atoms with Gasteiger partial charge in [-0.05, 0) is 66.2 Å². The van der Waals surface area contributed by atoms with Crippen molar-refractivity contribution in [3.05, 3.63) is 98.2 Å². The topological polar surface area (TPSA) is 81.3 Å². The molecule has 0 spiro atoms. The zero-order valence-corrected chi connectivity index (χ0v) is 23.3. The Labute approximate surface area is 241 Å². The van der Waals surface area contributed by atoms with Crippen LogP contribution in [0.1, 0.15) is 36.1 Å². The fourth-order valence-electron chi connectivity index (χ4n) is 4.29. The molecule has 2 aromatic carbocycles. The molecule has 0 N–H and O–H groups in total. The Hall–Kier alpha value is -4.50. The molecule has 0 aliphatic carbocycles. The summed E-state index contributed by atoms with van der Waals surface area (Å²) in [5.41, 5.74) is -2.52. The molecule has 0 bridgehead atoms. The van der Waals surface area contributed by atoms with Gasteiger partial charge in [-0.25, -0.2) is 8.78 Å². The number of aromatic nitrogens is 1. The Bertz CT molecular complexity index is 1750. The minimum absolute atomic E-state index is 0.0525. The quantitative estimate of drug-likeness (QED) is 0.161. The van der Waals surface area contributed by atoms with Crippen LogP contribution in [0.4, 0.5) is 22.0 Å². The lowest BCUT2D eigenvalue weighted by atomic mass is 10.0. The second-order valence-corrected chi connectivity index (χ2v) is 10.5. The van der Waals surface area contributed by atoms with Gasteiger partial charge < -0.3 is 14.0 Å². The summed E-state index contributed by atoms with van der Waals surface area (Å²) in [4.78, 5) is 25.4. The van der Waals surface area contributed by atoms with E-state index < -0.39 is 47.0 Å². The average molecular weight is 603 g/mol. The molecule has 218 valence electrons. The first-order valence-electron chi connectivity index (χ1n) is 12.5. The number of thiophene rings is 1. The van der Waals surface area contributed by atoms with Gasteiger partial charge in [0.15, 0.2) is 0 Å². The van der Waals surface area contributed by atoms with E-state index in [1.807, 2.05) is 13.8 Å². The van der Waals surface area contributed by atoms with E-state index >= 15 is 0 Å². The number of hydrogen-bond acceptors (Lipinski definition) is 6. The molecule has 0 atom stereocenters. The van der Waals surface area contributed by atoms with Crippen molar-refractivity contribution in [2.45, 2.75) is 39.1 Å². The number of pyridine rings is 1. The first kappa shape index (κ1) is 30.5. The highest BCUT2D eigenvalue weighted by molar-refractivity contribution is 7.14. The molecule has 0 aliphatic rings. The maximum atomic E-state index is 14.5. The van der Waals surface area contributed by atoms with Gasteiger partial charge in [0.05, 0.1) is 42.3 Å². The van der Waals surface area contributed by atoms with Crippen molar-refractivity contribution in [1.29, 1.82) is 5.26 Å². The molecule has 2 aromatic heterocycles. The van der Waals surface area contributed by atoms with Crippen molar-refractivity contribution in [3.8, 4) is 33.5 Å². The third kappa shape index (κ3) is 6.69. The summed E-state index contributed by atoms with van der Waals surface area (Å²) in [7, 11) is 1.26. The fraction of sp³-hybridized carbons (Fsp3) is 0.233. The molecule has 6 nitrogen and oxygen atoms in total. The zero-order chi connectivity index (χ0) is 30.8. The van der Waals surface area contributed by atoms with Crippen molar-refractivity contribution in [2.24, 2.45) is 0 Å². The van der Waals surface area contributed by atoms with Gasteiger partial charge in [0, 0.05) is 11.6 Å². The van der Waals surface area contributed by atoms with E-state index in [0.29, 0.717) is 34.6 Å². The van der Waals surface area contributed by atoms with Gasteiger partial charge in [0.25, 0.3) is 5.56 Å². The molecule has 0 amide bonds. The van der Waals surface area contributed by atoms with Crippen LogP contribution < -0.4 is 10.3 Å². The summed E-state index contributed by atoms with van der Waals surface area (Å²) in [6, 6.07) is 11.3. The van der Waals surface area contributed by atoms with Gasteiger partial charge in [-0.3, -0.25) is 9.59 Å². The number of nitriles is 1. The lowest BCUT2D eigenvalue weighted by molar-refractivity contribution is -0.140. The number of carbonyl (C=O) groups excluding carboxylic acids is 1. The lowest BCUT2D eigenvalue weighted by Crippen LogP contribution is -2.28. The smallest absolute Gasteiger partial charge is 0.417 e. The van der Waals surface area contributed by atoms with Crippen LogP contribution in [0.2, 0.25) is 0 Å². The van der Waals surface area contributed by atoms with E-state index in [4.69, 9.17) is 9.47 Å². The molecule has 0 radical (unpaired) electrons. The van der Waals surface area contributed by atoms with Crippen LogP contribution >= 0.6 is 11.3 Å². The normalized spacial score (nSPS) is 11.4. The van der Waals surface area contributed by atoms with Gasteiger partial charge in [-0.15, -0.1) is 11.3 Å². The molecule has 2 heterocycles. The third-order valence-corrected chi connectivity index (χ3v) is 7.11. The summed E-state index contributed by atoms with van der Waals surface area (Å²) in [6.45, 7) is 3.09. The zero-order valence-electron chi connectivity index (χ0n) is 22.5. The molecule has 0 aliphatic heterocycles. The van der Waals surface area contributed by atoms with Gasteiger partial charge in [-0.2, -0.15) is 18.4 Å². The predicted molar refractivity (Wildman–Crippen MR) is 146 cm³/mol. The van der Waals surface area contributed by atoms with Crippen LogP contribution in [0.5, 0.6) is 5.75 Å². The number of hydrogen-bond donors (Lipinski definition) is 0. The van der Waals surface area contributed by atoms with E-state index in [0.717, 1.165) is 28.0 Å². The highest BCUT2D eigenvalue weighted by Gasteiger charge is 2.37. The number of halogens is 5. The molecule has 0 unspecified atom stereocenters. The van der Waals surface area contributed by atoms with E-state index in [9.17, 15) is 36.8 Å². The minimum Gasteiger partial charge on any atom is -0.491 e. The minimum atomic E-state index is -5.02. The van der Waals surface area contributed by atoms with Crippen LogP contribution in [0, 0.1) is 23.0 Å². The van der Waals surface area contributed by atoms with Crippen molar-refractivity contribution >= 4 is 17.3 Å². The Morgan fingerprint density at radius 1 is 1.07 bits per heavy atom. The Kier molecular flexibility index (Phi) is 8.82. The largest absolute Gasteiger partial charge is 0.491 e. The summed E-state index contributed by atoms with van der Waals surface area (Å²) in [5.74, 6) is -1.90. The fourth-order valence-corrected chi connectivity index (χ4v) is 5.23. The summed E-state index contributed by atoms with van der Waals surface area (Å²) in [5, 5.41) is 11.1. The van der Waals surface area contributed by atoms with Crippen LogP contribution in [0.25, 0.3) is 21.7 Å². The van der Waals surface area contributed by atoms with Crippen molar-refractivity contribution in [1.82, 2.24) is 4.57 Å². The maximum Gasteiger partial charge on any atom is 0.417 e. The lowest BCUT2D eigenvalue weighted by Gasteiger charge is -2.17. The first-order chi connectivity index (χ1) is 19.8. The second kappa shape index (κ2) is 12.2. The van der Waals surface area contributed by atoms with Crippen LogP contribution in [0.15, 0.2) is 58.7 Å². The second-order valence-electron chi connectivity index (χ2n) is 9.54. The number of rotatable bonds is 8. The number of methoxy groups -OCH3 is 1. The average Bonchev–Trinajstić information content (AvgIpc) is 3.40. The molecular weight excluding hydrogens is 579 g/mol. The maximum absolute atomic E-state index is 14.5.